The predicted molar refractivity (Wildman–Crippen MR) is 76.6 cm³/mol. The van der Waals surface area contributed by atoms with Gasteiger partial charge in [-0.2, -0.15) is 5.10 Å². The fourth-order valence-electron chi connectivity index (χ4n) is 2.78. The lowest BCUT2D eigenvalue weighted by molar-refractivity contribution is 0.405. The first kappa shape index (κ1) is 12.2. The van der Waals surface area contributed by atoms with Crippen LogP contribution in [0.5, 0.6) is 0 Å². The van der Waals surface area contributed by atoms with Gasteiger partial charge in [-0.1, -0.05) is 37.8 Å². The third-order valence-electron chi connectivity index (χ3n) is 3.85. The molecule has 0 unspecified atom stereocenters. The Labute approximate surface area is 113 Å². The zero-order chi connectivity index (χ0) is 13.1. The number of hydrogen-bond donors (Lipinski definition) is 1. The summed E-state index contributed by atoms with van der Waals surface area (Å²) >= 11 is 0. The summed E-state index contributed by atoms with van der Waals surface area (Å²) in [4.78, 5) is 4.43. The van der Waals surface area contributed by atoms with Gasteiger partial charge in [-0.3, -0.25) is 0 Å². The summed E-state index contributed by atoms with van der Waals surface area (Å²) in [5.41, 5.74) is 7.55. The maximum absolute atomic E-state index is 5.80. The van der Waals surface area contributed by atoms with Gasteiger partial charge in [0.05, 0.1) is 6.04 Å². The van der Waals surface area contributed by atoms with Crippen molar-refractivity contribution in [2.24, 2.45) is 0 Å². The maximum Gasteiger partial charge on any atom is 0.181 e. The molecule has 1 aliphatic rings. The van der Waals surface area contributed by atoms with Crippen molar-refractivity contribution >= 4 is 5.69 Å². The maximum atomic E-state index is 5.80. The Morgan fingerprint density at radius 3 is 2.63 bits per heavy atom. The lowest BCUT2D eigenvalue weighted by atomic mass is 10.1. The largest absolute Gasteiger partial charge is 0.399 e. The molecule has 0 radical (unpaired) electrons. The number of anilines is 1. The first-order valence-corrected chi connectivity index (χ1v) is 7.10. The molecular weight excluding hydrogens is 236 g/mol. The van der Waals surface area contributed by atoms with Gasteiger partial charge in [0.1, 0.15) is 6.33 Å². The lowest BCUT2D eigenvalue weighted by Gasteiger charge is -2.13. The van der Waals surface area contributed by atoms with Crippen LogP contribution in [0.15, 0.2) is 30.6 Å². The van der Waals surface area contributed by atoms with Crippen molar-refractivity contribution < 1.29 is 0 Å². The molecule has 0 saturated heterocycles. The molecule has 1 heterocycles. The summed E-state index contributed by atoms with van der Waals surface area (Å²) in [5.74, 6) is 0.775. The number of benzene rings is 1. The number of nitrogens with zero attached hydrogens (tertiary/aromatic N) is 3. The van der Waals surface area contributed by atoms with E-state index in [1.807, 2.05) is 35.3 Å². The van der Waals surface area contributed by atoms with Gasteiger partial charge in [0.15, 0.2) is 5.82 Å². The summed E-state index contributed by atoms with van der Waals surface area (Å²) in [6, 6.07) is 8.27. The molecule has 1 saturated carbocycles. The average molecular weight is 256 g/mol. The third-order valence-corrected chi connectivity index (χ3v) is 3.85. The second-order valence-electron chi connectivity index (χ2n) is 5.32. The van der Waals surface area contributed by atoms with E-state index in [1.54, 1.807) is 0 Å². The minimum Gasteiger partial charge on any atom is -0.399 e. The van der Waals surface area contributed by atoms with Crippen molar-refractivity contribution in [1.82, 2.24) is 14.8 Å². The summed E-state index contributed by atoms with van der Waals surface area (Å²) in [6.07, 6.45) is 9.63. The van der Waals surface area contributed by atoms with Crippen LogP contribution in [0.3, 0.4) is 0 Å². The van der Waals surface area contributed by atoms with Crippen molar-refractivity contribution in [3.8, 4) is 11.4 Å². The fraction of sp³-hybridized carbons (Fsp3) is 0.467. The van der Waals surface area contributed by atoms with E-state index >= 15 is 0 Å². The molecule has 0 atom stereocenters. The van der Waals surface area contributed by atoms with Crippen LogP contribution in [-0.2, 0) is 0 Å². The molecule has 1 aromatic heterocycles. The minimum atomic E-state index is 0.518. The number of nitrogen functional groups attached to an aromatic ring is 1. The summed E-state index contributed by atoms with van der Waals surface area (Å²) in [7, 11) is 0. The Morgan fingerprint density at radius 1 is 1.11 bits per heavy atom. The normalized spacial score (nSPS) is 17.3. The molecule has 19 heavy (non-hydrogen) atoms. The highest BCUT2D eigenvalue weighted by molar-refractivity contribution is 5.60. The molecular formula is C15H20N4. The first-order chi connectivity index (χ1) is 9.33. The quantitative estimate of drug-likeness (QED) is 0.661. The molecule has 1 fully saturated rings. The van der Waals surface area contributed by atoms with E-state index < -0.39 is 0 Å². The summed E-state index contributed by atoms with van der Waals surface area (Å²) < 4.78 is 2.05. The molecule has 0 aliphatic heterocycles. The van der Waals surface area contributed by atoms with Gasteiger partial charge >= 0.3 is 0 Å². The first-order valence-electron chi connectivity index (χ1n) is 7.10. The Morgan fingerprint density at radius 2 is 1.89 bits per heavy atom. The molecule has 0 spiro atoms. The van der Waals surface area contributed by atoms with Crippen LogP contribution < -0.4 is 5.73 Å². The molecule has 1 aromatic carbocycles. The van der Waals surface area contributed by atoms with Crippen molar-refractivity contribution in [2.45, 2.75) is 44.6 Å². The second kappa shape index (κ2) is 5.43. The van der Waals surface area contributed by atoms with Crippen LogP contribution in [0.25, 0.3) is 11.4 Å². The zero-order valence-electron chi connectivity index (χ0n) is 11.1. The number of rotatable bonds is 2. The Hall–Kier alpha value is -1.84. The average Bonchev–Trinajstić information content (AvgIpc) is 2.75. The third kappa shape index (κ3) is 2.78. The highest BCUT2D eigenvalue weighted by atomic mass is 15.3. The van der Waals surface area contributed by atoms with Crippen LogP contribution in [0.4, 0.5) is 5.69 Å². The van der Waals surface area contributed by atoms with Gasteiger partial charge in [0, 0.05) is 11.3 Å². The number of aromatic nitrogens is 3. The molecule has 4 heteroatoms. The number of nitrogens with two attached hydrogens (primary N) is 1. The highest BCUT2D eigenvalue weighted by Crippen LogP contribution is 2.27. The Kier molecular flexibility index (Phi) is 3.49. The predicted octanol–water partition coefficient (Wildman–Crippen LogP) is 3.42. The molecule has 2 aromatic rings. The zero-order valence-corrected chi connectivity index (χ0v) is 11.1. The van der Waals surface area contributed by atoms with Gasteiger partial charge in [0.25, 0.3) is 0 Å². The van der Waals surface area contributed by atoms with Gasteiger partial charge in [0.2, 0.25) is 0 Å². The fourth-order valence-corrected chi connectivity index (χ4v) is 2.78. The smallest absolute Gasteiger partial charge is 0.181 e. The van der Waals surface area contributed by atoms with Crippen LogP contribution in [0.2, 0.25) is 0 Å². The molecule has 2 N–H and O–H groups in total. The minimum absolute atomic E-state index is 0.518. The van der Waals surface area contributed by atoms with Gasteiger partial charge in [-0.05, 0) is 25.0 Å². The van der Waals surface area contributed by atoms with Gasteiger partial charge in [-0.25, -0.2) is 9.67 Å². The lowest BCUT2D eigenvalue weighted by Crippen LogP contribution is -2.08. The molecule has 1 aliphatic carbocycles. The Bertz CT molecular complexity index is 539. The van der Waals surface area contributed by atoms with Crippen LogP contribution in [0.1, 0.15) is 44.6 Å². The molecule has 100 valence electrons. The van der Waals surface area contributed by atoms with Gasteiger partial charge < -0.3 is 5.73 Å². The van der Waals surface area contributed by atoms with E-state index in [0.29, 0.717) is 6.04 Å². The van der Waals surface area contributed by atoms with Crippen molar-refractivity contribution in [1.29, 1.82) is 0 Å². The molecule has 0 amide bonds. The summed E-state index contributed by atoms with van der Waals surface area (Å²) in [5, 5.41) is 4.64. The van der Waals surface area contributed by atoms with E-state index in [0.717, 1.165) is 17.1 Å². The number of hydrogen-bond acceptors (Lipinski definition) is 3. The van der Waals surface area contributed by atoms with Crippen molar-refractivity contribution in [3.63, 3.8) is 0 Å². The van der Waals surface area contributed by atoms with Crippen LogP contribution in [-0.4, -0.2) is 14.8 Å². The summed E-state index contributed by atoms with van der Waals surface area (Å²) in [6.45, 7) is 0. The van der Waals surface area contributed by atoms with E-state index in [2.05, 4.69) is 10.1 Å². The van der Waals surface area contributed by atoms with E-state index in [-0.39, 0.29) is 0 Å². The van der Waals surface area contributed by atoms with Crippen LogP contribution >= 0.6 is 0 Å². The second-order valence-corrected chi connectivity index (χ2v) is 5.32. The molecule has 3 rings (SSSR count). The van der Waals surface area contributed by atoms with E-state index in [9.17, 15) is 0 Å². The van der Waals surface area contributed by atoms with E-state index in [1.165, 1.54) is 38.5 Å². The van der Waals surface area contributed by atoms with Crippen molar-refractivity contribution in [3.05, 3.63) is 30.6 Å². The van der Waals surface area contributed by atoms with Crippen LogP contribution in [0, 0.1) is 0 Å². The van der Waals surface area contributed by atoms with Crippen molar-refractivity contribution in [2.75, 3.05) is 5.73 Å². The SMILES string of the molecule is Nc1cccc(-c2ncn(C3CCCCCC3)n2)c1. The molecule has 0 bridgehead atoms. The van der Waals surface area contributed by atoms with E-state index in [4.69, 9.17) is 5.73 Å². The van der Waals surface area contributed by atoms with Gasteiger partial charge in [-0.15, -0.1) is 0 Å². The molecule has 4 nitrogen and oxygen atoms in total. The monoisotopic (exact) mass is 256 g/mol. The standard InChI is InChI=1S/C15H20N4/c16-13-7-5-6-12(10-13)15-17-11-19(18-15)14-8-3-1-2-4-9-14/h5-7,10-11,14H,1-4,8-9,16H2. The topological polar surface area (TPSA) is 56.7 Å². The Balaban J connectivity index is 1.82. The highest BCUT2D eigenvalue weighted by Gasteiger charge is 2.16.